The summed E-state index contributed by atoms with van der Waals surface area (Å²) in [5, 5.41) is -0.260. The summed E-state index contributed by atoms with van der Waals surface area (Å²) in [7, 11) is -1.94. The lowest BCUT2D eigenvalue weighted by atomic mass is 10.0. The van der Waals surface area contributed by atoms with Crippen LogP contribution in [0.5, 0.6) is 0 Å². The number of hydrogen-bond acceptors (Lipinski definition) is 4. The number of rotatable bonds is 6. The molecule has 0 unspecified atom stereocenters. The number of carbonyl (C=O) groups is 1. The summed E-state index contributed by atoms with van der Waals surface area (Å²) in [4.78, 5) is 11.1. The zero-order valence-electron chi connectivity index (χ0n) is 11.2. The number of ether oxygens (including phenoxy) is 1. The van der Waals surface area contributed by atoms with Crippen LogP contribution in [0.1, 0.15) is 45.4 Å². The summed E-state index contributed by atoms with van der Waals surface area (Å²) < 4.78 is 30.7. The van der Waals surface area contributed by atoms with Crippen molar-refractivity contribution in [3.05, 3.63) is 0 Å². The molecule has 0 amide bonds. The topological polar surface area (TPSA) is 63.7 Å². The Morgan fingerprint density at radius 3 is 2.39 bits per heavy atom. The summed E-state index contributed by atoms with van der Waals surface area (Å²) in [5.41, 5.74) is 0. The Morgan fingerprint density at radius 1 is 1.28 bits per heavy atom. The first-order valence-electron chi connectivity index (χ1n) is 6.58. The largest absolute Gasteiger partial charge is 0.469 e. The third-order valence-corrected chi connectivity index (χ3v) is 5.95. The van der Waals surface area contributed by atoms with Crippen LogP contribution >= 0.6 is 0 Å². The monoisotopic (exact) mass is 277 g/mol. The Bertz CT molecular complexity index is 360. The average Bonchev–Trinajstić information content (AvgIpc) is 2.39. The van der Waals surface area contributed by atoms with E-state index in [2.05, 4.69) is 4.74 Å². The van der Waals surface area contributed by atoms with Gasteiger partial charge in [-0.3, -0.25) is 4.79 Å². The van der Waals surface area contributed by atoms with E-state index in [1.54, 1.807) is 6.92 Å². The van der Waals surface area contributed by atoms with E-state index >= 15 is 0 Å². The SMILES string of the molecule is CCN(CCC(=O)OC)S(=O)(=O)C1CCCCC1. The quantitative estimate of drug-likeness (QED) is 0.691. The van der Waals surface area contributed by atoms with Crippen LogP contribution in [0.4, 0.5) is 0 Å². The fraction of sp³-hybridized carbons (Fsp3) is 0.917. The average molecular weight is 277 g/mol. The Balaban J connectivity index is 2.63. The maximum Gasteiger partial charge on any atom is 0.306 e. The third kappa shape index (κ3) is 3.95. The van der Waals surface area contributed by atoms with E-state index in [1.165, 1.54) is 11.4 Å². The van der Waals surface area contributed by atoms with Gasteiger partial charge in [0.15, 0.2) is 0 Å². The predicted molar refractivity (Wildman–Crippen MR) is 69.7 cm³/mol. The molecule has 0 heterocycles. The Kier molecular flexibility index (Phi) is 6.08. The van der Waals surface area contributed by atoms with Crippen molar-refractivity contribution in [1.82, 2.24) is 4.31 Å². The lowest BCUT2D eigenvalue weighted by Gasteiger charge is -2.28. The molecule has 0 aromatic heterocycles. The molecule has 0 spiro atoms. The van der Waals surface area contributed by atoms with E-state index in [1.807, 2.05) is 0 Å². The van der Waals surface area contributed by atoms with Crippen molar-refractivity contribution in [3.8, 4) is 0 Å². The van der Waals surface area contributed by atoms with E-state index in [0.717, 1.165) is 32.1 Å². The standard InChI is InChI=1S/C12H23NO4S/c1-3-13(10-9-12(14)17-2)18(15,16)11-7-5-4-6-8-11/h11H,3-10H2,1-2H3. The van der Waals surface area contributed by atoms with Gasteiger partial charge in [-0.2, -0.15) is 0 Å². The van der Waals surface area contributed by atoms with E-state index in [4.69, 9.17) is 0 Å². The highest BCUT2D eigenvalue weighted by molar-refractivity contribution is 7.89. The summed E-state index contributed by atoms with van der Waals surface area (Å²) >= 11 is 0. The van der Waals surface area contributed by atoms with Crippen LogP contribution in [-0.2, 0) is 19.6 Å². The number of sulfonamides is 1. The number of carbonyl (C=O) groups excluding carboxylic acids is 1. The fourth-order valence-electron chi connectivity index (χ4n) is 2.36. The second-order valence-electron chi connectivity index (χ2n) is 4.62. The second-order valence-corrected chi connectivity index (χ2v) is 6.84. The third-order valence-electron chi connectivity index (χ3n) is 3.48. The minimum Gasteiger partial charge on any atom is -0.469 e. The van der Waals surface area contributed by atoms with Gasteiger partial charge in [0.05, 0.1) is 18.8 Å². The summed E-state index contributed by atoms with van der Waals surface area (Å²) in [6.45, 7) is 2.44. The predicted octanol–water partition coefficient (Wildman–Crippen LogP) is 1.53. The number of nitrogens with zero attached hydrogens (tertiary/aromatic N) is 1. The van der Waals surface area contributed by atoms with E-state index in [-0.39, 0.29) is 24.2 Å². The molecule has 1 fully saturated rings. The fourth-order valence-corrected chi connectivity index (χ4v) is 4.41. The van der Waals surface area contributed by atoms with Crippen molar-refractivity contribution in [3.63, 3.8) is 0 Å². The molecule has 0 atom stereocenters. The summed E-state index contributed by atoms with van der Waals surface area (Å²) in [6.07, 6.45) is 4.71. The van der Waals surface area contributed by atoms with E-state index < -0.39 is 10.0 Å². The Morgan fingerprint density at radius 2 is 1.89 bits per heavy atom. The van der Waals surface area contributed by atoms with Crippen LogP contribution in [0.3, 0.4) is 0 Å². The zero-order valence-corrected chi connectivity index (χ0v) is 12.0. The Hall–Kier alpha value is -0.620. The Labute approximate surface area is 110 Å². The molecule has 1 saturated carbocycles. The zero-order chi connectivity index (χ0) is 13.6. The molecular formula is C12H23NO4S. The van der Waals surface area contributed by atoms with Gasteiger partial charge in [-0.25, -0.2) is 12.7 Å². The molecule has 18 heavy (non-hydrogen) atoms. The van der Waals surface area contributed by atoms with Gasteiger partial charge in [0.2, 0.25) is 10.0 Å². The van der Waals surface area contributed by atoms with E-state index in [9.17, 15) is 13.2 Å². The molecule has 6 heteroatoms. The first kappa shape index (κ1) is 15.4. The van der Waals surface area contributed by atoms with Crippen molar-refractivity contribution in [2.45, 2.75) is 50.7 Å². The van der Waals surface area contributed by atoms with Crippen molar-refractivity contribution >= 4 is 16.0 Å². The van der Waals surface area contributed by atoms with Crippen molar-refractivity contribution in [1.29, 1.82) is 0 Å². The lowest BCUT2D eigenvalue weighted by molar-refractivity contribution is -0.140. The van der Waals surface area contributed by atoms with Gasteiger partial charge >= 0.3 is 5.97 Å². The van der Waals surface area contributed by atoms with Crippen LogP contribution in [0.15, 0.2) is 0 Å². The molecular weight excluding hydrogens is 254 g/mol. The maximum atomic E-state index is 12.4. The molecule has 106 valence electrons. The molecule has 1 aliphatic rings. The number of methoxy groups -OCH3 is 1. The highest BCUT2D eigenvalue weighted by Crippen LogP contribution is 2.26. The second kappa shape index (κ2) is 7.09. The van der Waals surface area contributed by atoms with Gasteiger partial charge in [0.25, 0.3) is 0 Å². The number of esters is 1. The minimum atomic E-state index is -3.25. The maximum absolute atomic E-state index is 12.4. The lowest BCUT2D eigenvalue weighted by Crippen LogP contribution is -2.40. The van der Waals surface area contributed by atoms with Crippen molar-refractivity contribution in [2.24, 2.45) is 0 Å². The molecule has 1 rings (SSSR count). The summed E-state index contributed by atoms with van der Waals surface area (Å²) in [5.74, 6) is -0.368. The van der Waals surface area contributed by atoms with Crippen LogP contribution in [-0.4, -0.2) is 44.1 Å². The van der Waals surface area contributed by atoms with Gasteiger partial charge in [0.1, 0.15) is 0 Å². The molecule has 1 aliphatic carbocycles. The number of hydrogen-bond donors (Lipinski definition) is 0. The first-order valence-corrected chi connectivity index (χ1v) is 8.08. The molecule has 0 aromatic rings. The highest BCUT2D eigenvalue weighted by atomic mass is 32.2. The smallest absolute Gasteiger partial charge is 0.306 e. The van der Waals surface area contributed by atoms with Gasteiger partial charge in [-0.15, -0.1) is 0 Å². The van der Waals surface area contributed by atoms with Crippen LogP contribution < -0.4 is 0 Å². The van der Waals surface area contributed by atoms with Crippen LogP contribution in [0.2, 0.25) is 0 Å². The molecule has 0 N–H and O–H groups in total. The molecule has 0 saturated heterocycles. The van der Waals surface area contributed by atoms with Crippen molar-refractivity contribution < 1.29 is 17.9 Å². The molecule has 0 aliphatic heterocycles. The van der Waals surface area contributed by atoms with Gasteiger partial charge in [0, 0.05) is 13.1 Å². The first-order chi connectivity index (χ1) is 8.52. The molecule has 0 aromatic carbocycles. The van der Waals surface area contributed by atoms with Gasteiger partial charge in [-0.1, -0.05) is 26.2 Å². The molecule has 5 nitrogen and oxygen atoms in total. The molecule has 0 radical (unpaired) electrons. The highest BCUT2D eigenvalue weighted by Gasteiger charge is 2.32. The minimum absolute atomic E-state index is 0.121. The van der Waals surface area contributed by atoms with Crippen LogP contribution in [0.25, 0.3) is 0 Å². The van der Waals surface area contributed by atoms with Crippen LogP contribution in [0, 0.1) is 0 Å². The normalized spacial score (nSPS) is 17.9. The van der Waals surface area contributed by atoms with E-state index in [0.29, 0.717) is 6.54 Å². The van der Waals surface area contributed by atoms with Gasteiger partial charge < -0.3 is 4.74 Å². The molecule has 0 bridgehead atoms. The summed E-state index contributed by atoms with van der Waals surface area (Å²) in [6, 6.07) is 0. The van der Waals surface area contributed by atoms with Gasteiger partial charge in [-0.05, 0) is 12.8 Å². The van der Waals surface area contributed by atoms with Crippen molar-refractivity contribution in [2.75, 3.05) is 20.2 Å².